The third kappa shape index (κ3) is 5.27. The van der Waals surface area contributed by atoms with E-state index in [0.717, 1.165) is 43.5 Å². The first-order valence-corrected chi connectivity index (χ1v) is 12.8. The Morgan fingerprint density at radius 1 is 1.11 bits per heavy atom. The molecule has 6 heteroatoms. The molecule has 1 amide bonds. The van der Waals surface area contributed by atoms with Gasteiger partial charge in [0.1, 0.15) is 0 Å². The van der Waals surface area contributed by atoms with Crippen LogP contribution < -0.4 is 0 Å². The van der Waals surface area contributed by atoms with E-state index in [2.05, 4.69) is 37.9 Å². The van der Waals surface area contributed by atoms with Gasteiger partial charge in [0.15, 0.2) is 0 Å². The highest BCUT2D eigenvalue weighted by Crippen LogP contribution is 2.34. The minimum atomic E-state index is 0.331. The van der Waals surface area contributed by atoms with Crippen LogP contribution in [-0.2, 0) is 6.42 Å². The predicted molar refractivity (Wildman–Crippen MR) is 122 cm³/mol. The average Bonchev–Trinajstić information content (AvgIpc) is 3.07. The van der Waals surface area contributed by atoms with Crippen LogP contribution in [-0.4, -0.2) is 52.5 Å². The summed E-state index contributed by atoms with van der Waals surface area (Å²) in [6.45, 7) is 4.33. The summed E-state index contributed by atoms with van der Waals surface area (Å²) >= 11 is 11.4. The Morgan fingerprint density at radius 3 is 2.61 bits per heavy atom. The summed E-state index contributed by atoms with van der Waals surface area (Å²) in [7, 11) is 0. The molecular weight excluding hydrogens is 456 g/mol. The maximum atomic E-state index is 12.5. The molecule has 1 aromatic carbocycles. The van der Waals surface area contributed by atoms with Crippen LogP contribution in [0.2, 0.25) is 5.02 Å². The third-order valence-corrected chi connectivity index (χ3v) is 8.68. The summed E-state index contributed by atoms with van der Waals surface area (Å²) in [5.41, 5.74) is 1.33. The molecule has 2 aliphatic heterocycles. The Morgan fingerprint density at radius 2 is 1.86 bits per heavy atom. The zero-order valence-electron chi connectivity index (χ0n) is 16.4. The van der Waals surface area contributed by atoms with Crippen molar-refractivity contribution in [3.05, 3.63) is 33.3 Å². The van der Waals surface area contributed by atoms with E-state index < -0.39 is 0 Å². The van der Waals surface area contributed by atoms with Crippen molar-refractivity contribution >= 4 is 44.5 Å². The highest BCUT2D eigenvalue weighted by atomic mass is 79.9. The van der Waals surface area contributed by atoms with Crippen molar-refractivity contribution in [1.29, 1.82) is 0 Å². The van der Waals surface area contributed by atoms with Gasteiger partial charge in [-0.05, 0) is 74.9 Å². The summed E-state index contributed by atoms with van der Waals surface area (Å²) in [5, 5.41) is 1.60. The summed E-state index contributed by atoms with van der Waals surface area (Å²) in [4.78, 5) is 17.3. The Kier molecular flexibility index (Phi) is 7.30. The van der Waals surface area contributed by atoms with Gasteiger partial charge in [0, 0.05) is 33.9 Å². The van der Waals surface area contributed by atoms with Gasteiger partial charge in [-0.3, -0.25) is 4.79 Å². The van der Waals surface area contributed by atoms with Crippen molar-refractivity contribution in [3.63, 3.8) is 0 Å². The van der Waals surface area contributed by atoms with Crippen LogP contribution in [0, 0.1) is 5.92 Å². The topological polar surface area (TPSA) is 23.6 Å². The SMILES string of the molecule is O=C1SC(CN2CCC(Cc3cc(Cl)ccc3Br)CC2)CN1C1CCCCC1. The second-order valence-electron chi connectivity index (χ2n) is 8.63. The first-order valence-electron chi connectivity index (χ1n) is 10.7. The molecule has 2 saturated heterocycles. The zero-order valence-corrected chi connectivity index (χ0v) is 19.6. The Labute approximate surface area is 186 Å². The number of nitrogens with zero attached hydrogens (tertiary/aromatic N) is 2. The molecular formula is C22H30BrClN2OS. The highest BCUT2D eigenvalue weighted by molar-refractivity contribution is 9.10. The number of amides is 1. The van der Waals surface area contributed by atoms with Gasteiger partial charge in [0.05, 0.1) is 0 Å². The predicted octanol–water partition coefficient (Wildman–Crippen LogP) is 6.23. The summed E-state index contributed by atoms with van der Waals surface area (Å²) < 4.78 is 1.17. The van der Waals surface area contributed by atoms with Gasteiger partial charge in [-0.2, -0.15) is 0 Å². The van der Waals surface area contributed by atoms with Crippen molar-refractivity contribution < 1.29 is 4.79 Å². The number of rotatable bonds is 5. The molecule has 1 atom stereocenters. The lowest BCUT2D eigenvalue weighted by molar-refractivity contribution is 0.164. The number of carbonyl (C=O) groups is 1. The van der Waals surface area contributed by atoms with Gasteiger partial charge < -0.3 is 9.80 Å². The number of carbonyl (C=O) groups excluding carboxylic acids is 1. The number of halogens is 2. The molecule has 0 aromatic heterocycles. The van der Waals surface area contributed by atoms with E-state index in [0.29, 0.717) is 16.5 Å². The second-order valence-corrected chi connectivity index (χ2v) is 11.2. The standard InChI is InChI=1S/C22H30BrClN2OS/c23-21-7-6-18(24)13-17(21)12-16-8-10-25(11-9-16)14-20-15-26(22(27)28-20)19-4-2-1-3-5-19/h6-7,13,16,19-20H,1-5,8-12,14-15H2. The fourth-order valence-electron chi connectivity index (χ4n) is 5.00. The van der Waals surface area contributed by atoms with Gasteiger partial charge >= 0.3 is 0 Å². The molecule has 1 aliphatic carbocycles. The maximum absolute atomic E-state index is 12.5. The van der Waals surface area contributed by atoms with Crippen molar-refractivity contribution in [1.82, 2.24) is 9.80 Å². The zero-order chi connectivity index (χ0) is 19.5. The minimum absolute atomic E-state index is 0.331. The van der Waals surface area contributed by atoms with E-state index in [-0.39, 0.29) is 0 Å². The molecule has 0 spiro atoms. The first-order chi connectivity index (χ1) is 13.6. The van der Waals surface area contributed by atoms with Gasteiger partial charge in [-0.15, -0.1) is 0 Å². The lowest BCUT2D eigenvalue weighted by Crippen LogP contribution is -2.41. The molecule has 1 unspecified atom stereocenters. The summed E-state index contributed by atoms with van der Waals surface area (Å²) in [6.07, 6.45) is 9.91. The Bertz CT molecular complexity index is 689. The maximum Gasteiger partial charge on any atom is 0.282 e. The van der Waals surface area contributed by atoms with Crippen molar-refractivity contribution in [2.45, 2.75) is 62.7 Å². The van der Waals surface area contributed by atoms with Crippen molar-refractivity contribution in [2.24, 2.45) is 5.92 Å². The van der Waals surface area contributed by atoms with E-state index >= 15 is 0 Å². The molecule has 28 heavy (non-hydrogen) atoms. The molecule has 3 fully saturated rings. The number of benzene rings is 1. The number of hydrogen-bond acceptors (Lipinski definition) is 3. The van der Waals surface area contributed by atoms with Crippen LogP contribution >= 0.6 is 39.3 Å². The normalized spacial score (nSPS) is 25.6. The molecule has 3 aliphatic rings. The molecule has 0 radical (unpaired) electrons. The average molecular weight is 486 g/mol. The number of piperidine rings is 1. The molecule has 154 valence electrons. The van der Waals surface area contributed by atoms with E-state index in [9.17, 15) is 4.79 Å². The van der Waals surface area contributed by atoms with E-state index in [1.807, 2.05) is 6.07 Å². The van der Waals surface area contributed by atoms with Gasteiger partial charge in [-0.25, -0.2) is 0 Å². The lowest BCUT2D eigenvalue weighted by atomic mass is 9.90. The van der Waals surface area contributed by atoms with Crippen molar-refractivity contribution in [3.8, 4) is 0 Å². The first kappa shape index (κ1) is 21.0. The molecule has 3 nitrogen and oxygen atoms in total. The monoisotopic (exact) mass is 484 g/mol. The molecule has 1 saturated carbocycles. The lowest BCUT2D eigenvalue weighted by Gasteiger charge is -2.34. The van der Waals surface area contributed by atoms with Crippen LogP contribution in [0.4, 0.5) is 4.79 Å². The summed E-state index contributed by atoms with van der Waals surface area (Å²) in [5.74, 6) is 0.725. The minimum Gasteiger partial charge on any atom is -0.329 e. The van der Waals surface area contributed by atoms with Crippen LogP contribution in [0.5, 0.6) is 0 Å². The quantitative estimate of drug-likeness (QED) is 0.494. The number of hydrogen-bond donors (Lipinski definition) is 0. The molecule has 1 aromatic rings. The molecule has 4 rings (SSSR count). The smallest absolute Gasteiger partial charge is 0.282 e. The van der Waals surface area contributed by atoms with Crippen LogP contribution in [0.1, 0.15) is 50.5 Å². The van der Waals surface area contributed by atoms with Gasteiger partial charge in [0.2, 0.25) is 0 Å². The van der Waals surface area contributed by atoms with Gasteiger partial charge in [-0.1, -0.05) is 58.6 Å². The van der Waals surface area contributed by atoms with Crippen LogP contribution in [0.3, 0.4) is 0 Å². The highest BCUT2D eigenvalue weighted by Gasteiger charge is 2.36. The van der Waals surface area contributed by atoms with Crippen LogP contribution in [0.25, 0.3) is 0 Å². The fourth-order valence-corrected chi connectivity index (χ4v) is 6.77. The van der Waals surface area contributed by atoms with E-state index in [1.54, 1.807) is 11.8 Å². The van der Waals surface area contributed by atoms with E-state index in [4.69, 9.17) is 11.6 Å². The summed E-state index contributed by atoms with van der Waals surface area (Å²) in [6, 6.07) is 6.60. The second kappa shape index (κ2) is 9.72. The molecule has 0 bridgehead atoms. The molecule has 0 N–H and O–H groups in total. The fraction of sp³-hybridized carbons (Fsp3) is 0.682. The molecule has 2 heterocycles. The third-order valence-electron chi connectivity index (χ3n) is 6.60. The van der Waals surface area contributed by atoms with Crippen molar-refractivity contribution in [2.75, 3.05) is 26.2 Å². The largest absolute Gasteiger partial charge is 0.329 e. The Hall–Kier alpha value is -0.230. The van der Waals surface area contributed by atoms with Crippen LogP contribution in [0.15, 0.2) is 22.7 Å². The van der Waals surface area contributed by atoms with Gasteiger partial charge in [0.25, 0.3) is 5.24 Å². The Balaban J connectivity index is 1.23. The number of likely N-dealkylation sites (tertiary alicyclic amines) is 1. The van der Waals surface area contributed by atoms with E-state index in [1.165, 1.54) is 55.0 Å². The number of thioether (sulfide) groups is 1.